The number of nitrogens with one attached hydrogen (secondary N) is 1. The van der Waals surface area contributed by atoms with Gasteiger partial charge in [-0.05, 0) is 64.1 Å². The molecule has 4 aromatic rings. The molecule has 2 aliphatic rings. The third-order valence-electron chi connectivity index (χ3n) is 7.38. The van der Waals surface area contributed by atoms with Crippen LogP contribution in [0.1, 0.15) is 32.5 Å². The summed E-state index contributed by atoms with van der Waals surface area (Å²) in [6.45, 7) is 8.47. The lowest BCUT2D eigenvalue weighted by atomic mass is 9.92. The Kier molecular flexibility index (Phi) is 5.59. The zero-order chi connectivity index (χ0) is 24.9. The quantitative estimate of drug-likeness (QED) is 0.452. The van der Waals surface area contributed by atoms with Gasteiger partial charge in [0.15, 0.2) is 5.82 Å². The average Bonchev–Trinajstić information content (AvgIpc) is 3.26. The lowest BCUT2D eigenvalue weighted by Gasteiger charge is -2.33. The standard InChI is InChI=1S/C27H31FN8/c1-27(2)9-4-5-24-33-25-20(28)15-18(16-22(25)36(24)27)21-8-10-29-26(31-21)32-23-7-6-19(17-30-23)35-13-11-34(3)12-14-35/h6-8,10,15-17H,4-5,9,11-14H2,1-3H3,(H,29,30,31,32). The van der Waals surface area contributed by atoms with E-state index in [4.69, 9.17) is 0 Å². The van der Waals surface area contributed by atoms with Gasteiger partial charge < -0.3 is 19.7 Å². The van der Waals surface area contributed by atoms with Gasteiger partial charge in [0.1, 0.15) is 17.2 Å². The summed E-state index contributed by atoms with van der Waals surface area (Å²) in [4.78, 5) is 22.9. The summed E-state index contributed by atoms with van der Waals surface area (Å²) in [6.07, 6.45) is 6.54. The monoisotopic (exact) mass is 486 g/mol. The fourth-order valence-electron chi connectivity index (χ4n) is 5.37. The van der Waals surface area contributed by atoms with Crippen molar-refractivity contribution in [1.82, 2.24) is 29.4 Å². The maximum Gasteiger partial charge on any atom is 0.228 e. The highest BCUT2D eigenvalue weighted by molar-refractivity contribution is 5.83. The van der Waals surface area contributed by atoms with Crippen molar-refractivity contribution in [3.63, 3.8) is 0 Å². The van der Waals surface area contributed by atoms with Crippen molar-refractivity contribution in [2.24, 2.45) is 0 Å². The normalized spacial score (nSPS) is 17.8. The Bertz CT molecular complexity index is 1400. The number of anilines is 3. The number of likely N-dealkylation sites (N-methyl/N-ethyl adjacent to an activating group) is 1. The first-order valence-corrected chi connectivity index (χ1v) is 12.6. The van der Waals surface area contributed by atoms with Crippen LogP contribution in [0.15, 0.2) is 42.7 Å². The number of nitrogens with zero attached hydrogens (tertiary/aromatic N) is 7. The molecule has 2 aliphatic heterocycles. The molecule has 1 N–H and O–H groups in total. The molecular formula is C27H31FN8. The van der Waals surface area contributed by atoms with Gasteiger partial charge in [-0.2, -0.15) is 0 Å². The molecule has 0 atom stereocenters. The summed E-state index contributed by atoms with van der Waals surface area (Å²) in [5, 5.41) is 3.19. The largest absolute Gasteiger partial charge is 0.368 e. The third-order valence-corrected chi connectivity index (χ3v) is 7.38. The van der Waals surface area contributed by atoms with Gasteiger partial charge in [-0.15, -0.1) is 0 Å². The van der Waals surface area contributed by atoms with E-state index >= 15 is 4.39 Å². The molecule has 6 rings (SSSR count). The van der Waals surface area contributed by atoms with Crippen molar-refractivity contribution >= 4 is 28.5 Å². The first-order valence-electron chi connectivity index (χ1n) is 12.6. The second kappa shape index (κ2) is 8.81. The first kappa shape index (κ1) is 22.8. The number of aromatic nitrogens is 5. The molecule has 1 fully saturated rings. The highest BCUT2D eigenvalue weighted by Gasteiger charge is 2.30. The van der Waals surface area contributed by atoms with Crippen LogP contribution in [0, 0.1) is 5.82 Å². The van der Waals surface area contributed by atoms with Crippen LogP contribution in [0.5, 0.6) is 0 Å². The van der Waals surface area contributed by atoms with E-state index in [0.717, 1.165) is 62.5 Å². The van der Waals surface area contributed by atoms with Crippen LogP contribution < -0.4 is 10.2 Å². The van der Waals surface area contributed by atoms with Gasteiger partial charge in [0.25, 0.3) is 0 Å². The Labute approximate surface area is 210 Å². The highest BCUT2D eigenvalue weighted by atomic mass is 19.1. The molecule has 5 heterocycles. The summed E-state index contributed by atoms with van der Waals surface area (Å²) < 4.78 is 17.4. The topological polar surface area (TPSA) is 75.0 Å². The molecule has 0 bridgehead atoms. The van der Waals surface area contributed by atoms with Crippen LogP contribution in [0.3, 0.4) is 0 Å². The van der Waals surface area contributed by atoms with Crippen LogP contribution in [-0.4, -0.2) is 62.6 Å². The van der Waals surface area contributed by atoms with E-state index in [1.807, 2.05) is 18.3 Å². The van der Waals surface area contributed by atoms with Crippen molar-refractivity contribution in [3.05, 3.63) is 54.4 Å². The van der Waals surface area contributed by atoms with Gasteiger partial charge in [0.05, 0.1) is 23.1 Å². The molecule has 1 saturated heterocycles. The molecule has 0 amide bonds. The Morgan fingerprint density at radius 1 is 1.00 bits per heavy atom. The molecular weight excluding hydrogens is 455 g/mol. The van der Waals surface area contributed by atoms with Gasteiger partial charge >= 0.3 is 0 Å². The van der Waals surface area contributed by atoms with Crippen molar-refractivity contribution in [2.75, 3.05) is 43.4 Å². The number of rotatable bonds is 4. The van der Waals surface area contributed by atoms with E-state index in [1.54, 1.807) is 12.3 Å². The maximum absolute atomic E-state index is 15.2. The molecule has 0 aliphatic carbocycles. The second-order valence-electron chi connectivity index (χ2n) is 10.4. The molecule has 0 spiro atoms. The smallest absolute Gasteiger partial charge is 0.228 e. The van der Waals surface area contributed by atoms with E-state index in [2.05, 4.69) is 66.6 Å². The van der Waals surface area contributed by atoms with Crippen molar-refractivity contribution in [3.8, 4) is 11.3 Å². The molecule has 36 heavy (non-hydrogen) atoms. The van der Waals surface area contributed by atoms with E-state index < -0.39 is 0 Å². The number of hydrogen-bond acceptors (Lipinski definition) is 7. The number of hydrogen-bond donors (Lipinski definition) is 1. The number of aryl methyl sites for hydroxylation is 1. The highest BCUT2D eigenvalue weighted by Crippen LogP contribution is 2.36. The minimum absolute atomic E-state index is 0.103. The lowest BCUT2D eigenvalue weighted by molar-refractivity contribution is 0.288. The SMILES string of the molecule is CN1CCN(c2ccc(Nc3nccc(-c4cc(F)c5nc6n(c5c4)C(C)(C)CCC6)n3)nc2)CC1. The van der Waals surface area contributed by atoms with E-state index in [1.165, 1.54) is 6.07 Å². The summed E-state index contributed by atoms with van der Waals surface area (Å²) in [7, 11) is 2.15. The van der Waals surface area contributed by atoms with E-state index in [9.17, 15) is 0 Å². The number of benzene rings is 1. The molecule has 3 aromatic heterocycles. The fraction of sp³-hybridized carbons (Fsp3) is 0.407. The number of halogens is 1. The lowest BCUT2D eigenvalue weighted by Crippen LogP contribution is -2.44. The Morgan fingerprint density at radius 2 is 1.83 bits per heavy atom. The van der Waals surface area contributed by atoms with Gasteiger partial charge in [-0.1, -0.05) is 0 Å². The van der Waals surface area contributed by atoms with Gasteiger partial charge in [-0.25, -0.2) is 24.3 Å². The predicted molar refractivity (Wildman–Crippen MR) is 140 cm³/mol. The van der Waals surface area contributed by atoms with Crippen molar-refractivity contribution in [1.29, 1.82) is 0 Å². The zero-order valence-corrected chi connectivity index (χ0v) is 21.0. The van der Waals surface area contributed by atoms with Crippen LogP contribution in [0.25, 0.3) is 22.3 Å². The van der Waals surface area contributed by atoms with E-state index in [0.29, 0.717) is 28.5 Å². The Hall–Kier alpha value is -3.59. The molecule has 0 unspecified atom stereocenters. The molecule has 9 heteroatoms. The number of pyridine rings is 1. The van der Waals surface area contributed by atoms with Gasteiger partial charge in [0.2, 0.25) is 5.95 Å². The minimum Gasteiger partial charge on any atom is -0.368 e. The van der Waals surface area contributed by atoms with Crippen molar-refractivity contribution < 1.29 is 4.39 Å². The zero-order valence-electron chi connectivity index (χ0n) is 21.0. The number of piperazine rings is 1. The minimum atomic E-state index is -0.325. The fourth-order valence-corrected chi connectivity index (χ4v) is 5.37. The molecule has 0 radical (unpaired) electrons. The van der Waals surface area contributed by atoms with Crippen LogP contribution >= 0.6 is 0 Å². The van der Waals surface area contributed by atoms with Crippen LogP contribution in [0.4, 0.5) is 21.8 Å². The average molecular weight is 487 g/mol. The molecule has 186 valence electrons. The number of imidazole rings is 1. The van der Waals surface area contributed by atoms with Crippen LogP contribution in [-0.2, 0) is 12.0 Å². The molecule has 8 nitrogen and oxygen atoms in total. The van der Waals surface area contributed by atoms with Crippen molar-refractivity contribution in [2.45, 2.75) is 38.6 Å². The summed E-state index contributed by atoms with van der Waals surface area (Å²) in [5.74, 6) is 1.71. The molecule has 1 aromatic carbocycles. The van der Waals surface area contributed by atoms with Gasteiger partial charge in [-0.3, -0.25) is 0 Å². The summed E-state index contributed by atoms with van der Waals surface area (Å²) in [6, 6.07) is 9.32. The molecule has 0 saturated carbocycles. The Balaban J connectivity index is 1.27. The van der Waals surface area contributed by atoms with Crippen LogP contribution in [0.2, 0.25) is 0 Å². The number of fused-ring (bicyclic) bond motifs is 3. The summed E-state index contributed by atoms with van der Waals surface area (Å²) in [5.41, 5.74) is 3.60. The maximum atomic E-state index is 15.2. The third kappa shape index (κ3) is 4.17. The van der Waals surface area contributed by atoms with Gasteiger partial charge in [0, 0.05) is 49.9 Å². The first-order chi connectivity index (χ1) is 17.4. The summed E-state index contributed by atoms with van der Waals surface area (Å²) >= 11 is 0. The van der Waals surface area contributed by atoms with E-state index in [-0.39, 0.29) is 11.4 Å². The Morgan fingerprint density at radius 3 is 2.61 bits per heavy atom. The second-order valence-corrected chi connectivity index (χ2v) is 10.4. The predicted octanol–water partition coefficient (Wildman–Crippen LogP) is 4.59.